The minimum atomic E-state index is 0.722. The van der Waals surface area contributed by atoms with Crippen molar-refractivity contribution < 1.29 is 0 Å². The Morgan fingerprint density at radius 3 is 2.74 bits per heavy atom. The van der Waals surface area contributed by atoms with Gasteiger partial charge >= 0.3 is 0 Å². The molecule has 2 aliphatic rings. The van der Waals surface area contributed by atoms with Crippen LogP contribution < -0.4 is 10.2 Å². The second kappa shape index (κ2) is 6.18. The molecule has 19 heavy (non-hydrogen) atoms. The number of hydrogen-bond acceptors (Lipinski definition) is 5. The van der Waals surface area contributed by atoms with Crippen LogP contribution in [0, 0.1) is 5.92 Å². The van der Waals surface area contributed by atoms with Crippen molar-refractivity contribution in [2.75, 3.05) is 24.5 Å². The van der Waals surface area contributed by atoms with Crippen molar-refractivity contribution >= 4 is 16.7 Å². The highest BCUT2D eigenvalue weighted by Crippen LogP contribution is 2.28. The van der Waals surface area contributed by atoms with Crippen molar-refractivity contribution in [1.29, 1.82) is 0 Å². The van der Waals surface area contributed by atoms with Gasteiger partial charge in [-0.15, -0.1) is 0 Å². The smallest absolute Gasteiger partial charge is 0.205 e. The SMILES string of the molecule is CCCc1nsc(N2CCC(NCC3CC3)CC2)n1. The van der Waals surface area contributed by atoms with E-state index in [1.807, 2.05) is 0 Å². The Kier molecular flexibility index (Phi) is 4.33. The topological polar surface area (TPSA) is 41.1 Å². The molecule has 3 rings (SSSR count). The summed E-state index contributed by atoms with van der Waals surface area (Å²) in [4.78, 5) is 7.05. The summed E-state index contributed by atoms with van der Waals surface area (Å²) in [5.74, 6) is 2.01. The van der Waals surface area contributed by atoms with Crippen molar-refractivity contribution in [2.24, 2.45) is 5.92 Å². The van der Waals surface area contributed by atoms with E-state index in [9.17, 15) is 0 Å². The molecule has 0 spiro atoms. The van der Waals surface area contributed by atoms with E-state index >= 15 is 0 Å². The molecule has 2 fully saturated rings. The largest absolute Gasteiger partial charge is 0.347 e. The van der Waals surface area contributed by atoms with Gasteiger partial charge in [0.15, 0.2) is 0 Å². The molecule has 0 atom stereocenters. The molecule has 0 unspecified atom stereocenters. The Morgan fingerprint density at radius 2 is 2.05 bits per heavy atom. The Bertz CT molecular complexity index is 394. The van der Waals surface area contributed by atoms with E-state index in [0.717, 1.165) is 48.8 Å². The molecular weight excluding hydrogens is 256 g/mol. The number of piperidine rings is 1. The van der Waals surface area contributed by atoms with E-state index in [4.69, 9.17) is 0 Å². The molecule has 0 bridgehead atoms. The van der Waals surface area contributed by atoms with Gasteiger partial charge in [0.1, 0.15) is 5.82 Å². The molecule has 1 aromatic heterocycles. The summed E-state index contributed by atoms with van der Waals surface area (Å²) in [6, 6.07) is 0.722. The molecule has 0 aromatic carbocycles. The molecule has 1 N–H and O–H groups in total. The number of nitrogens with zero attached hydrogens (tertiary/aromatic N) is 3. The van der Waals surface area contributed by atoms with E-state index in [1.54, 1.807) is 11.5 Å². The fourth-order valence-corrected chi connectivity index (χ4v) is 3.39. The third kappa shape index (κ3) is 3.66. The normalized spacial score (nSPS) is 21.0. The number of aryl methyl sites for hydroxylation is 1. The van der Waals surface area contributed by atoms with Crippen LogP contribution in [0.4, 0.5) is 5.13 Å². The van der Waals surface area contributed by atoms with Gasteiger partial charge in [-0.25, -0.2) is 4.98 Å². The average molecular weight is 280 g/mol. The molecule has 1 aliphatic heterocycles. The standard InChI is InChI=1S/C14H24N4S/c1-2-3-13-16-14(19-17-13)18-8-6-12(7-9-18)15-10-11-4-5-11/h11-12,15H,2-10H2,1H3. The lowest BCUT2D eigenvalue weighted by Gasteiger charge is -2.32. The van der Waals surface area contributed by atoms with Gasteiger partial charge in [0.2, 0.25) is 5.13 Å². The predicted octanol–water partition coefficient (Wildman–Crippen LogP) is 2.46. The second-order valence-electron chi connectivity index (χ2n) is 5.86. The van der Waals surface area contributed by atoms with E-state index in [0.29, 0.717) is 0 Å². The lowest BCUT2D eigenvalue weighted by atomic mass is 10.1. The van der Waals surface area contributed by atoms with Crippen LogP contribution in [0.25, 0.3) is 0 Å². The summed E-state index contributed by atoms with van der Waals surface area (Å²) < 4.78 is 4.44. The van der Waals surface area contributed by atoms with Gasteiger partial charge in [0, 0.05) is 37.1 Å². The first-order valence-electron chi connectivity index (χ1n) is 7.66. The molecule has 0 amide bonds. The van der Waals surface area contributed by atoms with Crippen LogP contribution in [-0.2, 0) is 6.42 Å². The maximum absolute atomic E-state index is 4.65. The quantitative estimate of drug-likeness (QED) is 0.869. The van der Waals surface area contributed by atoms with Gasteiger partial charge in [0.05, 0.1) is 0 Å². The molecule has 4 nitrogen and oxygen atoms in total. The van der Waals surface area contributed by atoms with Crippen LogP contribution in [0.1, 0.15) is 44.9 Å². The lowest BCUT2D eigenvalue weighted by Crippen LogP contribution is -2.43. The van der Waals surface area contributed by atoms with Gasteiger partial charge in [-0.05, 0) is 44.6 Å². The number of hydrogen-bond donors (Lipinski definition) is 1. The molecule has 1 aliphatic carbocycles. The maximum Gasteiger partial charge on any atom is 0.205 e. The van der Waals surface area contributed by atoms with Gasteiger partial charge in [0.25, 0.3) is 0 Å². The monoisotopic (exact) mass is 280 g/mol. The number of rotatable bonds is 6. The van der Waals surface area contributed by atoms with E-state index in [-0.39, 0.29) is 0 Å². The highest BCUT2D eigenvalue weighted by Gasteiger charge is 2.25. The Labute approximate surface area is 119 Å². The second-order valence-corrected chi connectivity index (χ2v) is 6.59. The Balaban J connectivity index is 1.45. The highest BCUT2D eigenvalue weighted by molar-refractivity contribution is 7.09. The summed E-state index contributed by atoms with van der Waals surface area (Å²) in [5.41, 5.74) is 0. The highest BCUT2D eigenvalue weighted by atomic mass is 32.1. The van der Waals surface area contributed by atoms with Gasteiger partial charge in [-0.2, -0.15) is 4.37 Å². The van der Waals surface area contributed by atoms with Crippen LogP contribution >= 0.6 is 11.5 Å². The third-order valence-electron chi connectivity index (χ3n) is 4.09. The van der Waals surface area contributed by atoms with Crippen LogP contribution in [0.15, 0.2) is 0 Å². The van der Waals surface area contributed by atoms with Crippen molar-refractivity contribution in [1.82, 2.24) is 14.7 Å². The molecule has 1 saturated heterocycles. The lowest BCUT2D eigenvalue weighted by molar-refractivity contribution is 0.408. The van der Waals surface area contributed by atoms with E-state index in [2.05, 4.69) is 26.5 Å². The van der Waals surface area contributed by atoms with Gasteiger partial charge < -0.3 is 10.2 Å². The molecular formula is C14H24N4S. The van der Waals surface area contributed by atoms with Gasteiger partial charge in [-0.3, -0.25) is 0 Å². The Hall–Kier alpha value is -0.680. The fourth-order valence-electron chi connectivity index (χ4n) is 2.63. The molecule has 2 heterocycles. The predicted molar refractivity (Wildman–Crippen MR) is 79.9 cm³/mol. The fraction of sp³-hybridized carbons (Fsp3) is 0.857. The van der Waals surface area contributed by atoms with Crippen molar-refractivity contribution in [3.8, 4) is 0 Å². The molecule has 106 valence electrons. The molecule has 5 heteroatoms. The van der Waals surface area contributed by atoms with Crippen LogP contribution in [-0.4, -0.2) is 35.0 Å². The number of aromatic nitrogens is 2. The first kappa shape index (κ1) is 13.3. The van der Waals surface area contributed by atoms with Crippen molar-refractivity contribution in [3.05, 3.63) is 5.82 Å². The van der Waals surface area contributed by atoms with Crippen LogP contribution in [0.5, 0.6) is 0 Å². The number of anilines is 1. The number of nitrogens with one attached hydrogen (secondary N) is 1. The zero-order chi connectivity index (χ0) is 13.1. The van der Waals surface area contributed by atoms with Gasteiger partial charge in [-0.1, -0.05) is 6.92 Å². The first-order valence-corrected chi connectivity index (χ1v) is 8.43. The zero-order valence-electron chi connectivity index (χ0n) is 11.8. The summed E-state index contributed by atoms with van der Waals surface area (Å²) in [6.45, 7) is 5.67. The summed E-state index contributed by atoms with van der Waals surface area (Å²) in [6.07, 6.45) is 7.51. The molecule has 1 saturated carbocycles. The summed E-state index contributed by atoms with van der Waals surface area (Å²) in [5, 5.41) is 4.85. The van der Waals surface area contributed by atoms with E-state index < -0.39 is 0 Å². The molecule has 1 aromatic rings. The maximum atomic E-state index is 4.65. The van der Waals surface area contributed by atoms with Crippen molar-refractivity contribution in [2.45, 2.75) is 51.5 Å². The minimum absolute atomic E-state index is 0.722. The average Bonchev–Trinajstić information content (AvgIpc) is 3.16. The van der Waals surface area contributed by atoms with E-state index in [1.165, 1.54) is 32.2 Å². The molecule has 0 radical (unpaired) electrons. The van der Waals surface area contributed by atoms with Crippen LogP contribution in [0.3, 0.4) is 0 Å². The third-order valence-corrected chi connectivity index (χ3v) is 4.90. The minimum Gasteiger partial charge on any atom is -0.347 e. The van der Waals surface area contributed by atoms with Crippen molar-refractivity contribution in [3.63, 3.8) is 0 Å². The van der Waals surface area contributed by atoms with Crippen LogP contribution in [0.2, 0.25) is 0 Å². The summed E-state index contributed by atoms with van der Waals surface area (Å²) in [7, 11) is 0. The summed E-state index contributed by atoms with van der Waals surface area (Å²) >= 11 is 1.57. The first-order chi connectivity index (χ1) is 9.35. The Morgan fingerprint density at radius 1 is 1.26 bits per heavy atom. The zero-order valence-corrected chi connectivity index (χ0v) is 12.6.